The van der Waals surface area contributed by atoms with Gasteiger partial charge in [-0.15, -0.1) is 0 Å². The number of hydrogen-bond donors (Lipinski definition) is 2. The minimum atomic E-state index is -1.03. The number of pyridine rings is 1. The van der Waals surface area contributed by atoms with Gasteiger partial charge >= 0.3 is 5.97 Å². The Labute approximate surface area is 138 Å². The zero-order valence-corrected chi connectivity index (χ0v) is 13.4. The first-order valence-corrected chi connectivity index (χ1v) is 7.52. The summed E-state index contributed by atoms with van der Waals surface area (Å²) in [6.45, 7) is 3.85. The lowest BCUT2D eigenvalue weighted by atomic mass is 10.2. The molecule has 1 aromatic carbocycles. The van der Waals surface area contributed by atoms with Gasteiger partial charge in [-0.3, -0.25) is 4.79 Å². The fourth-order valence-corrected chi connectivity index (χ4v) is 2.67. The van der Waals surface area contributed by atoms with E-state index in [0.29, 0.717) is 5.69 Å². The molecule has 0 bridgehead atoms. The van der Waals surface area contributed by atoms with Crippen LogP contribution in [0.5, 0.6) is 0 Å². The van der Waals surface area contributed by atoms with Crippen LogP contribution in [-0.4, -0.2) is 26.4 Å². The number of aromatic nitrogens is 2. The maximum absolute atomic E-state index is 12.3. The van der Waals surface area contributed by atoms with Crippen LogP contribution in [0.1, 0.15) is 27.3 Å². The Hall–Kier alpha value is -3.15. The first kappa shape index (κ1) is 15.7. The first-order valence-electron chi connectivity index (χ1n) is 7.52. The van der Waals surface area contributed by atoms with Crippen molar-refractivity contribution in [3.63, 3.8) is 0 Å². The van der Waals surface area contributed by atoms with Gasteiger partial charge in [0.05, 0.1) is 23.4 Å². The van der Waals surface area contributed by atoms with Crippen LogP contribution in [0, 0.1) is 13.8 Å². The molecular weight excluding hydrogens is 306 g/mol. The molecule has 6 nitrogen and oxygen atoms in total. The van der Waals surface area contributed by atoms with E-state index >= 15 is 0 Å². The molecule has 0 fully saturated rings. The number of carbonyl (C=O) groups is 2. The smallest absolute Gasteiger partial charge is 0.335 e. The van der Waals surface area contributed by atoms with Gasteiger partial charge in [0, 0.05) is 11.9 Å². The first-order chi connectivity index (χ1) is 11.5. The maximum atomic E-state index is 12.3. The topological polar surface area (TPSA) is 83.7 Å². The average Bonchev–Trinajstić information content (AvgIpc) is 2.85. The van der Waals surface area contributed by atoms with Crippen LogP contribution >= 0.6 is 0 Å². The largest absolute Gasteiger partial charge is 0.478 e. The predicted octanol–water partition coefficient (Wildman–Crippen LogP) is 2.83. The number of nitrogens with zero attached hydrogens (tertiary/aromatic N) is 2. The molecule has 1 amide bonds. The van der Waals surface area contributed by atoms with E-state index in [2.05, 4.69) is 10.3 Å². The normalized spacial score (nSPS) is 10.8. The molecule has 0 aliphatic heterocycles. The minimum absolute atomic E-state index is 0.134. The fourth-order valence-electron chi connectivity index (χ4n) is 2.67. The molecule has 0 atom stereocenters. The third-order valence-electron chi connectivity index (χ3n) is 3.87. The SMILES string of the molecule is Cc1nc2c(C)cccn2c1CC(=O)Nc1cccc(C(=O)O)c1. The van der Waals surface area contributed by atoms with E-state index in [1.165, 1.54) is 12.1 Å². The van der Waals surface area contributed by atoms with Crippen LogP contribution in [0.3, 0.4) is 0 Å². The molecule has 3 aromatic rings. The molecule has 24 heavy (non-hydrogen) atoms. The number of carboxylic acids is 1. The monoisotopic (exact) mass is 323 g/mol. The molecular formula is C18H17N3O3. The highest BCUT2D eigenvalue weighted by molar-refractivity contribution is 5.94. The van der Waals surface area contributed by atoms with Gasteiger partial charge < -0.3 is 14.8 Å². The summed E-state index contributed by atoms with van der Waals surface area (Å²) in [7, 11) is 0. The van der Waals surface area contributed by atoms with Crippen molar-refractivity contribution in [1.29, 1.82) is 0 Å². The van der Waals surface area contributed by atoms with Crippen LogP contribution in [-0.2, 0) is 11.2 Å². The lowest BCUT2D eigenvalue weighted by Gasteiger charge is -2.07. The summed E-state index contributed by atoms with van der Waals surface area (Å²) in [4.78, 5) is 27.9. The number of aryl methyl sites for hydroxylation is 2. The number of rotatable bonds is 4. The number of imidazole rings is 1. The summed E-state index contributed by atoms with van der Waals surface area (Å²) in [5.41, 5.74) is 4.10. The second kappa shape index (κ2) is 6.16. The minimum Gasteiger partial charge on any atom is -0.478 e. The van der Waals surface area contributed by atoms with E-state index < -0.39 is 5.97 Å². The number of benzene rings is 1. The van der Waals surface area contributed by atoms with Crippen molar-refractivity contribution < 1.29 is 14.7 Å². The Kier molecular flexibility index (Phi) is 4.04. The van der Waals surface area contributed by atoms with Gasteiger partial charge in [0.1, 0.15) is 5.65 Å². The van der Waals surface area contributed by atoms with Gasteiger partial charge in [0.2, 0.25) is 5.91 Å². The Bertz CT molecular complexity index is 944. The molecule has 122 valence electrons. The molecule has 0 aliphatic carbocycles. The number of anilines is 1. The van der Waals surface area contributed by atoms with Crippen molar-refractivity contribution in [2.75, 3.05) is 5.32 Å². The van der Waals surface area contributed by atoms with Crippen LogP contribution in [0.4, 0.5) is 5.69 Å². The van der Waals surface area contributed by atoms with Crippen molar-refractivity contribution in [2.24, 2.45) is 0 Å². The maximum Gasteiger partial charge on any atom is 0.335 e. The third kappa shape index (κ3) is 2.99. The van der Waals surface area contributed by atoms with Gasteiger partial charge in [0.15, 0.2) is 0 Å². The quantitative estimate of drug-likeness (QED) is 0.773. The molecule has 3 rings (SSSR count). The van der Waals surface area contributed by atoms with E-state index in [1.807, 2.05) is 36.6 Å². The number of carbonyl (C=O) groups excluding carboxylic acids is 1. The molecule has 0 saturated heterocycles. The summed E-state index contributed by atoms with van der Waals surface area (Å²) < 4.78 is 1.91. The number of aromatic carboxylic acids is 1. The van der Waals surface area contributed by atoms with Crippen molar-refractivity contribution in [1.82, 2.24) is 9.38 Å². The third-order valence-corrected chi connectivity index (χ3v) is 3.87. The van der Waals surface area contributed by atoms with Crippen molar-refractivity contribution in [3.8, 4) is 0 Å². The van der Waals surface area contributed by atoms with E-state index in [-0.39, 0.29) is 17.9 Å². The highest BCUT2D eigenvalue weighted by Gasteiger charge is 2.14. The second-order valence-electron chi connectivity index (χ2n) is 5.64. The number of hydrogen-bond acceptors (Lipinski definition) is 3. The molecule has 0 saturated carbocycles. The Morgan fingerprint density at radius 1 is 1.21 bits per heavy atom. The van der Waals surface area contributed by atoms with Crippen LogP contribution in [0.2, 0.25) is 0 Å². The van der Waals surface area contributed by atoms with Crippen LogP contribution in [0.15, 0.2) is 42.6 Å². The molecule has 2 N–H and O–H groups in total. The highest BCUT2D eigenvalue weighted by atomic mass is 16.4. The standard InChI is InChI=1S/C18H17N3O3/c1-11-5-4-8-21-15(12(2)19-17(11)21)10-16(22)20-14-7-3-6-13(9-14)18(23)24/h3-9H,10H2,1-2H3,(H,20,22)(H,23,24). The van der Waals surface area contributed by atoms with Crippen molar-refractivity contribution in [3.05, 3.63) is 65.1 Å². The summed E-state index contributed by atoms with van der Waals surface area (Å²) >= 11 is 0. The van der Waals surface area contributed by atoms with Crippen molar-refractivity contribution >= 4 is 23.2 Å². The fraction of sp³-hybridized carbons (Fsp3) is 0.167. The number of carboxylic acid groups (broad SMARTS) is 1. The van der Waals surface area contributed by atoms with E-state index in [0.717, 1.165) is 22.6 Å². The zero-order chi connectivity index (χ0) is 17.3. The molecule has 0 radical (unpaired) electrons. The van der Waals surface area contributed by atoms with Gasteiger partial charge in [-0.2, -0.15) is 0 Å². The predicted molar refractivity (Wildman–Crippen MR) is 90.4 cm³/mol. The summed E-state index contributed by atoms with van der Waals surface area (Å²) in [6.07, 6.45) is 2.05. The lowest BCUT2D eigenvalue weighted by Crippen LogP contribution is -2.16. The molecule has 2 aromatic heterocycles. The van der Waals surface area contributed by atoms with Gasteiger partial charge in [0.25, 0.3) is 0 Å². The summed E-state index contributed by atoms with van der Waals surface area (Å²) in [6, 6.07) is 10.1. The number of amides is 1. The Balaban J connectivity index is 1.83. The summed E-state index contributed by atoms with van der Waals surface area (Å²) in [5.74, 6) is -1.25. The summed E-state index contributed by atoms with van der Waals surface area (Å²) in [5, 5.41) is 11.7. The molecule has 2 heterocycles. The van der Waals surface area contributed by atoms with Gasteiger partial charge in [-0.05, 0) is 43.7 Å². The van der Waals surface area contributed by atoms with Gasteiger partial charge in [-0.1, -0.05) is 12.1 Å². The average molecular weight is 323 g/mol. The van der Waals surface area contributed by atoms with Crippen LogP contribution in [0.25, 0.3) is 5.65 Å². The molecule has 6 heteroatoms. The second-order valence-corrected chi connectivity index (χ2v) is 5.64. The molecule has 0 aliphatic rings. The highest BCUT2D eigenvalue weighted by Crippen LogP contribution is 2.17. The Morgan fingerprint density at radius 3 is 2.75 bits per heavy atom. The van der Waals surface area contributed by atoms with Crippen molar-refractivity contribution in [2.45, 2.75) is 20.3 Å². The molecule has 0 unspecified atom stereocenters. The Morgan fingerprint density at radius 2 is 2.00 bits per heavy atom. The van der Waals surface area contributed by atoms with E-state index in [4.69, 9.17) is 5.11 Å². The zero-order valence-electron chi connectivity index (χ0n) is 13.4. The lowest BCUT2D eigenvalue weighted by molar-refractivity contribution is -0.115. The van der Waals surface area contributed by atoms with Crippen LogP contribution < -0.4 is 5.32 Å². The molecule has 0 spiro atoms. The number of fused-ring (bicyclic) bond motifs is 1. The van der Waals surface area contributed by atoms with E-state index in [1.54, 1.807) is 12.1 Å². The number of nitrogens with one attached hydrogen (secondary N) is 1. The van der Waals surface area contributed by atoms with Gasteiger partial charge in [-0.25, -0.2) is 9.78 Å². The van der Waals surface area contributed by atoms with E-state index in [9.17, 15) is 9.59 Å².